The van der Waals surface area contributed by atoms with E-state index in [1.807, 2.05) is 0 Å². The summed E-state index contributed by atoms with van der Waals surface area (Å²) < 4.78 is 20.3. The Morgan fingerprint density at radius 1 is 1.13 bits per heavy atom. The fraction of sp³-hybridized carbons (Fsp3) is 0.348. The van der Waals surface area contributed by atoms with E-state index in [0.29, 0.717) is 36.2 Å². The van der Waals surface area contributed by atoms with Crippen molar-refractivity contribution in [2.45, 2.75) is 38.6 Å². The Bertz CT molecular complexity index is 1110. The number of hydrogen-bond acceptors (Lipinski definition) is 4. The summed E-state index contributed by atoms with van der Waals surface area (Å²) in [7, 11) is 0. The zero-order valence-corrected chi connectivity index (χ0v) is 16.7. The van der Waals surface area contributed by atoms with Crippen molar-refractivity contribution >= 4 is 16.8 Å². The van der Waals surface area contributed by atoms with Gasteiger partial charge in [0, 0.05) is 19.5 Å². The molecule has 0 saturated carbocycles. The monoisotopic (exact) mass is 409 g/mol. The molecule has 1 N–H and O–H groups in total. The van der Waals surface area contributed by atoms with E-state index in [0.717, 1.165) is 37.1 Å². The Kier molecular flexibility index (Phi) is 6.07. The van der Waals surface area contributed by atoms with E-state index in [4.69, 9.17) is 4.74 Å². The molecule has 0 radical (unpaired) electrons. The van der Waals surface area contributed by atoms with Crippen molar-refractivity contribution in [3.8, 4) is 5.75 Å². The predicted molar refractivity (Wildman–Crippen MR) is 112 cm³/mol. The lowest BCUT2D eigenvalue weighted by molar-refractivity contribution is -0.123. The van der Waals surface area contributed by atoms with Gasteiger partial charge in [0.2, 0.25) is 0 Å². The highest BCUT2D eigenvalue weighted by atomic mass is 19.1. The van der Waals surface area contributed by atoms with Gasteiger partial charge in [-0.1, -0.05) is 18.6 Å². The van der Waals surface area contributed by atoms with E-state index >= 15 is 0 Å². The van der Waals surface area contributed by atoms with Crippen LogP contribution in [0.5, 0.6) is 5.75 Å². The van der Waals surface area contributed by atoms with Crippen molar-refractivity contribution in [1.82, 2.24) is 14.9 Å². The first-order chi connectivity index (χ1) is 14.6. The van der Waals surface area contributed by atoms with Crippen LogP contribution in [-0.4, -0.2) is 28.6 Å². The second kappa shape index (κ2) is 9.07. The van der Waals surface area contributed by atoms with Gasteiger partial charge in [0.15, 0.2) is 6.61 Å². The van der Waals surface area contributed by atoms with Gasteiger partial charge in [-0.05, 0) is 55.2 Å². The highest BCUT2D eigenvalue weighted by molar-refractivity contribution is 5.80. The summed E-state index contributed by atoms with van der Waals surface area (Å²) in [5.74, 6) is 0.773. The van der Waals surface area contributed by atoms with Gasteiger partial charge in [-0.15, -0.1) is 0 Å². The normalized spacial score (nSPS) is 13.5. The molecule has 30 heavy (non-hydrogen) atoms. The molecule has 0 bridgehead atoms. The molecule has 0 fully saturated rings. The van der Waals surface area contributed by atoms with Crippen LogP contribution < -0.4 is 15.6 Å². The van der Waals surface area contributed by atoms with Gasteiger partial charge in [0.1, 0.15) is 17.4 Å². The fourth-order valence-electron chi connectivity index (χ4n) is 3.68. The molecule has 0 saturated heterocycles. The van der Waals surface area contributed by atoms with E-state index in [-0.39, 0.29) is 23.9 Å². The minimum Gasteiger partial charge on any atom is -0.484 e. The van der Waals surface area contributed by atoms with Crippen LogP contribution in [0.15, 0.2) is 47.3 Å². The Morgan fingerprint density at radius 2 is 1.97 bits per heavy atom. The number of nitrogens with zero attached hydrogens (tertiary/aromatic N) is 2. The number of aryl methyl sites for hydroxylation is 1. The maximum Gasteiger partial charge on any atom is 0.261 e. The third-order valence-corrected chi connectivity index (χ3v) is 5.31. The minimum atomic E-state index is -0.280. The number of hydrogen-bond donors (Lipinski definition) is 1. The van der Waals surface area contributed by atoms with E-state index in [1.54, 1.807) is 34.9 Å². The molecular formula is C23H24FN3O3. The van der Waals surface area contributed by atoms with Gasteiger partial charge in [0.25, 0.3) is 11.5 Å². The molecule has 3 aromatic rings. The van der Waals surface area contributed by atoms with Crippen LogP contribution in [0, 0.1) is 5.82 Å². The Morgan fingerprint density at radius 3 is 2.80 bits per heavy atom. The molecule has 1 aromatic heterocycles. The second-order valence-electron chi connectivity index (χ2n) is 7.49. The largest absolute Gasteiger partial charge is 0.484 e. The van der Waals surface area contributed by atoms with Gasteiger partial charge in [-0.3, -0.25) is 14.2 Å². The lowest BCUT2D eigenvalue weighted by atomic mass is 10.1. The molecule has 2 heterocycles. The van der Waals surface area contributed by atoms with Crippen molar-refractivity contribution in [1.29, 1.82) is 0 Å². The third kappa shape index (κ3) is 4.67. The Labute approximate surface area is 173 Å². The molecule has 7 heteroatoms. The van der Waals surface area contributed by atoms with Crippen LogP contribution in [0.2, 0.25) is 0 Å². The smallest absolute Gasteiger partial charge is 0.261 e. The Hall–Kier alpha value is -3.22. The average Bonchev–Trinajstić information content (AvgIpc) is 3.00. The molecule has 4 rings (SSSR count). The Balaban J connectivity index is 1.36. The van der Waals surface area contributed by atoms with Crippen LogP contribution >= 0.6 is 0 Å². The summed E-state index contributed by atoms with van der Waals surface area (Å²) in [6, 6.07) is 11.3. The predicted octanol–water partition coefficient (Wildman–Crippen LogP) is 3.00. The maximum absolute atomic E-state index is 12.9. The summed E-state index contributed by atoms with van der Waals surface area (Å²) in [6.07, 6.45) is 4.56. The van der Waals surface area contributed by atoms with Crippen LogP contribution in [0.4, 0.5) is 4.39 Å². The van der Waals surface area contributed by atoms with Gasteiger partial charge < -0.3 is 10.1 Å². The molecular weight excluding hydrogens is 385 g/mol. The number of halogens is 1. The summed E-state index contributed by atoms with van der Waals surface area (Å²) in [6.45, 7) is 0.982. The molecule has 1 aliphatic heterocycles. The molecule has 0 aliphatic carbocycles. The van der Waals surface area contributed by atoms with Crippen LogP contribution in [0.1, 0.15) is 30.7 Å². The van der Waals surface area contributed by atoms with Crippen molar-refractivity contribution in [2.75, 3.05) is 13.2 Å². The van der Waals surface area contributed by atoms with Crippen LogP contribution in [-0.2, 0) is 24.2 Å². The zero-order valence-electron chi connectivity index (χ0n) is 16.7. The number of nitrogens with one attached hydrogen (secondary N) is 1. The quantitative estimate of drug-likeness (QED) is 0.679. The summed E-state index contributed by atoms with van der Waals surface area (Å²) in [5.41, 5.74) is 1.55. The first kappa shape index (κ1) is 20.1. The van der Waals surface area contributed by atoms with E-state index in [2.05, 4.69) is 10.3 Å². The number of rotatable bonds is 6. The number of carbonyl (C=O) groups excluding carboxylic acids is 1. The molecule has 1 aliphatic rings. The molecule has 0 unspecified atom stereocenters. The number of benzene rings is 2. The summed E-state index contributed by atoms with van der Waals surface area (Å²) in [5, 5.41) is 3.29. The number of carbonyl (C=O) groups is 1. The first-order valence-electron chi connectivity index (χ1n) is 10.3. The molecule has 0 atom stereocenters. The van der Waals surface area contributed by atoms with E-state index in [9.17, 15) is 14.0 Å². The van der Waals surface area contributed by atoms with Crippen molar-refractivity contribution in [3.05, 3.63) is 70.0 Å². The zero-order chi connectivity index (χ0) is 20.9. The summed E-state index contributed by atoms with van der Waals surface area (Å²) >= 11 is 0. The topological polar surface area (TPSA) is 73.2 Å². The molecule has 0 spiro atoms. The number of fused-ring (bicyclic) bond motifs is 2. The first-order valence-corrected chi connectivity index (χ1v) is 10.3. The van der Waals surface area contributed by atoms with Gasteiger partial charge in [-0.25, -0.2) is 9.37 Å². The minimum absolute atomic E-state index is 0.0499. The van der Waals surface area contributed by atoms with Crippen LogP contribution in [0.3, 0.4) is 0 Å². The number of ether oxygens (including phenoxy) is 1. The van der Waals surface area contributed by atoms with Crippen LogP contribution in [0.25, 0.3) is 10.9 Å². The number of aromatic nitrogens is 2. The SMILES string of the molecule is O=C(COc1ccc2nc3n(c(=O)c2c1)CCCCC3)NCCc1ccc(F)cc1. The fourth-order valence-corrected chi connectivity index (χ4v) is 3.68. The standard InChI is InChI=1S/C23H24FN3O3/c24-17-7-5-16(6-8-17)11-12-25-22(28)15-30-18-9-10-20-19(14-18)23(29)27-13-3-1-2-4-21(27)26-20/h5-10,14H,1-4,11-13,15H2,(H,25,28). The third-order valence-electron chi connectivity index (χ3n) is 5.31. The van der Waals surface area contributed by atoms with E-state index in [1.165, 1.54) is 12.1 Å². The lowest BCUT2D eigenvalue weighted by Crippen LogP contribution is -2.30. The molecule has 6 nitrogen and oxygen atoms in total. The second-order valence-corrected chi connectivity index (χ2v) is 7.49. The average molecular weight is 409 g/mol. The molecule has 2 aromatic carbocycles. The summed E-state index contributed by atoms with van der Waals surface area (Å²) in [4.78, 5) is 29.6. The number of amides is 1. The van der Waals surface area contributed by atoms with Gasteiger partial charge in [0.05, 0.1) is 10.9 Å². The highest BCUT2D eigenvalue weighted by Crippen LogP contribution is 2.19. The maximum atomic E-state index is 12.9. The van der Waals surface area contributed by atoms with E-state index < -0.39 is 0 Å². The van der Waals surface area contributed by atoms with Gasteiger partial charge in [-0.2, -0.15) is 0 Å². The van der Waals surface area contributed by atoms with Crippen molar-refractivity contribution < 1.29 is 13.9 Å². The molecule has 156 valence electrons. The lowest BCUT2D eigenvalue weighted by Gasteiger charge is -2.11. The highest BCUT2D eigenvalue weighted by Gasteiger charge is 2.14. The van der Waals surface area contributed by atoms with Crippen molar-refractivity contribution in [2.24, 2.45) is 0 Å². The van der Waals surface area contributed by atoms with Crippen molar-refractivity contribution in [3.63, 3.8) is 0 Å². The molecule has 1 amide bonds. The van der Waals surface area contributed by atoms with Gasteiger partial charge >= 0.3 is 0 Å².